The SMILES string of the molecule is CCN1C(=CC=C2CCCn3c2[n+](CC)c2cc(Br)ccc23)N(CC)c2cc(Cl)ccc21. The second-order valence-corrected chi connectivity index (χ2v) is 9.65. The van der Waals surface area contributed by atoms with Crippen LogP contribution in [0.1, 0.15) is 39.4 Å². The Morgan fingerprint density at radius 2 is 1.78 bits per heavy atom. The van der Waals surface area contributed by atoms with Crippen molar-refractivity contribution in [3.8, 4) is 0 Å². The molecule has 3 aromatic rings. The van der Waals surface area contributed by atoms with Gasteiger partial charge in [-0.25, -0.2) is 9.13 Å². The molecule has 6 heteroatoms. The van der Waals surface area contributed by atoms with E-state index >= 15 is 0 Å². The van der Waals surface area contributed by atoms with Crippen LogP contribution in [-0.4, -0.2) is 17.7 Å². The lowest BCUT2D eigenvalue weighted by molar-refractivity contribution is -0.671. The molecule has 5 rings (SSSR count). The fourth-order valence-electron chi connectivity index (χ4n) is 5.26. The molecule has 0 atom stereocenters. The molecule has 2 aromatic carbocycles. The largest absolute Gasteiger partial charge is 0.326 e. The summed E-state index contributed by atoms with van der Waals surface area (Å²) in [5.74, 6) is 2.56. The van der Waals surface area contributed by atoms with E-state index in [9.17, 15) is 0 Å². The molecule has 0 unspecified atom stereocenters. The van der Waals surface area contributed by atoms with Crippen molar-refractivity contribution in [3.05, 3.63) is 69.7 Å². The van der Waals surface area contributed by atoms with E-state index in [4.69, 9.17) is 11.6 Å². The lowest BCUT2D eigenvalue weighted by atomic mass is 10.0. The summed E-state index contributed by atoms with van der Waals surface area (Å²) in [4.78, 5) is 4.75. The average Bonchev–Trinajstić information content (AvgIpc) is 3.28. The van der Waals surface area contributed by atoms with Gasteiger partial charge in [-0.3, -0.25) is 0 Å². The molecular formula is C26H29BrClN4+. The maximum atomic E-state index is 6.34. The van der Waals surface area contributed by atoms with Crippen LogP contribution in [0.2, 0.25) is 5.02 Å². The van der Waals surface area contributed by atoms with Crippen molar-refractivity contribution in [2.24, 2.45) is 0 Å². The first-order valence-electron chi connectivity index (χ1n) is 11.5. The number of hydrogen-bond donors (Lipinski definition) is 0. The minimum Gasteiger partial charge on any atom is -0.326 e. The fraction of sp³-hybridized carbons (Fsp3) is 0.346. The van der Waals surface area contributed by atoms with Crippen LogP contribution in [0, 0.1) is 0 Å². The molecule has 0 radical (unpaired) electrons. The maximum Gasteiger partial charge on any atom is 0.285 e. The number of hydrogen-bond acceptors (Lipinski definition) is 2. The Labute approximate surface area is 203 Å². The van der Waals surface area contributed by atoms with Gasteiger partial charge in [-0.1, -0.05) is 27.5 Å². The summed E-state index contributed by atoms with van der Waals surface area (Å²) in [6, 6.07) is 12.8. The van der Waals surface area contributed by atoms with Crippen LogP contribution < -0.4 is 14.4 Å². The van der Waals surface area contributed by atoms with Crippen molar-refractivity contribution in [3.63, 3.8) is 0 Å². The van der Waals surface area contributed by atoms with Crippen LogP contribution in [-0.2, 0) is 13.1 Å². The highest BCUT2D eigenvalue weighted by Crippen LogP contribution is 2.43. The van der Waals surface area contributed by atoms with Gasteiger partial charge in [-0.15, -0.1) is 0 Å². The van der Waals surface area contributed by atoms with Crippen molar-refractivity contribution in [2.45, 2.75) is 46.7 Å². The second kappa shape index (κ2) is 8.60. The molecule has 0 saturated heterocycles. The maximum absolute atomic E-state index is 6.34. The van der Waals surface area contributed by atoms with Crippen molar-refractivity contribution in [1.29, 1.82) is 0 Å². The van der Waals surface area contributed by atoms with E-state index < -0.39 is 0 Å². The van der Waals surface area contributed by atoms with Crippen LogP contribution in [0.4, 0.5) is 11.4 Å². The Hall–Kier alpha value is -2.24. The highest BCUT2D eigenvalue weighted by atomic mass is 79.9. The Balaban J connectivity index is 1.64. The van der Waals surface area contributed by atoms with Crippen LogP contribution in [0.25, 0.3) is 16.6 Å². The highest BCUT2D eigenvalue weighted by Gasteiger charge is 2.32. The van der Waals surface area contributed by atoms with Gasteiger partial charge in [-0.2, -0.15) is 0 Å². The summed E-state index contributed by atoms with van der Waals surface area (Å²) >= 11 is 10.00. The van der Waals surface area contributed by atoms with Crippen LogP contribution in [0.5, 0.6) is 0 Å². The lowest BCUT2D eigenvalue weighted by Crippen LogP contribution is -2.37. The van der Waals surface area contributed by atoms with Crippen molar-refractivity contribution in [2.75, 3.05) is 22.9 Å². The Morgan fingerprint density at radius 3 is 2.53 bits per heavy atom. The molecule has 4 nitrogen and oxygen atoms in total. The average molecular weight is 513 g/mol. The number of benzene rings is 2. The van der Waals surface area contributed by atoms with Crippen molar-refractivity contribution in [1.82, 2.24) is 4.57 Å². The Morgan fingerprint density at radius 1 is 1.00 bits per heavy atom. The number of anilines is 2. The first-order valence-corrected chi connectivity index (χ1v) is 12.7. The molecule has 0 fully saturated rings. The van der Waals surface area contributed by atoms with E-state index in [-0.39, 0.29) is 0 Å². The van der Waals surface area contributed by atoms with E-state index in [1.165, 1.54) is 39.6 Å². The number of allylic oxidation sites excluding steroid dienone is 3. The van der Waals surface area contributed by atoms with Gasteiger partial charge in [0, 0.05) is 34.2 Å². The van der Waals surface area contributed by atoms with E-state index in [1.54, 1.807) is 0 Å². The van der Waals surface area contributed by atoms with Gasteiger partial charge in [0.05, 0.1) is 24.5 Å². The molecule has 0 saturated carbocycles. The number of halogens is 2. The zero-order valence-electron chi connectivity index (χ0n) is 18.9. The summed E-state index contributed by atoms with van der Waals surface area (Å²) < 4.78 is 6.08. The monoisotopic (exact) mass is 511 g/mol. The molecule has 2 aliphatic heterocycles. The number of nitrogens with zero attached hydrogens (tertiary/aromatic N) is 4. The molecular weight excluding hydrogens is 484 g/mol. The minimum absolute atomic E-state index is 0.782. The van der Waals surface area contributed by atoms with Crippen LogP contribution in [0.15, 0.2) is 58.8 Å². The molecule has 3 heterocycles. The van der Waals surface area contributed by atoms with Gasteiger partial charge in [0.2, 0.25) is 0 Å². The molecule has 0 spiro atoms. The van der Waals surface area contributed by atoms with Crippen LogP contribution >= 0.6 is 27.5 Å². The summed E-state index contributed by atoms with van der Waals surface area (Å²) in [6.45, 7) is 10.5. The number of aryl methyl sites for hydroxylation is 2. The fourth-order valence-corrected chi connectivity index (χ4v) is 5.77. The zero-order valence-corrected chi connectivity index (χ0v) is 21.2. The van der Waals surface area contributed by atoms with Gasteiger partial charge in [0.1, 0.15) is 5.82 Å². The third kappa shape index (κ3) is 3.37. The van der Waals surface area contributed by atoms with Crippen molar-refractivity contribution < 1.29 is 4.57 Å². The molecule has 1 aromatic heterocycles. The normalized spacial score (nSPS) is 18.2. The van der Waals surface area contributed by atoms with E-state index in [0.29, 0.717) is 0 Å². The summed E-state index contributed by atoms with van der Waals surface area (Å²) in [5.41, 5.74) is 6.44. The lowest BCUT2D eigenvalue weighted by Gasteiger charge is -2.23. The molecule has 0 aliphatic carbocycles. The third-order valence-electron chi connectivity index (χ3n) is 6.60. The number of rotatable bonds is 4. The molecule has 0 amide bonds. The number of fused-ring (bicyclic) bond motifs is 4. The highest BCUT2D eigenvalue weighted by molar-refractivity contribution is 9.10. The van der Waals surface area contributed by atoms with Gasteiger partial charge in [0.15, 0.2) is 11.0 Å². The predicted molar refractivity (Wildman–Crippen MR) is 138 cm³/mol. The first kappa shape index (κ1) is 21.6. The Kier molecular flexibility index (Phi) is 5.81. The van der Waals surface area contributed by atoms with Gasteiger partial charge in [-0.05, 0) is 76.1 Å². The Bertz CT molecular complexity index is 1260. The topological polar surface area (TPSA) is 15.3 Å². The van der Waals surface area contributed by atoms with Gasteiger partial charge in [0.25, 0.3) is 5.82 Å². The van der Waals surface area contributed by atoms with E-state index in [2.05, 4.69) is 98.1 Å². The summed E-state index contributed by atoms with van der Waals surface area (Å²) in [5, 5.41) is 0.782. The third-order valence-corrected chi connectivity index (χ3v) is 7.33. The molecule has 0 N–H and O–H groups in total. The molecule has 2 aliphatic rings. The van der Waals surface area contributed by atoms with Gasteiger partial charge < -0.3 is 9.80 Å². The van der Waals surface area contributed by atoms with Crippen molar-refractivity contribution >= 4 is 55.5 Å². The predicted octanol–water partition coefficient (Wildman–Crippen LogP) is 6.75. The molecule has 32 heavy (non-hydrogen) atoms. The number of imidazole rings is 1. The first-order chi connectivity index (χ1) is 15.6. The molecule has 0 bridgehead atoms. The second-order valence-electron chi connectivity index (χ2n) is 8.29. The zero-order chi connectivity index (χ0) is 22.4. The summed E-state index contributed by atoms with van der Waals surface area (Å²) in [7, 11) is 0. The van der Waals surface area contributed by atoms with E-state index in [0.717, 1.165) is 48.5 Å². The smallest absolute Gasteiger partial charge is 0.285 e. The number of aromatic nitrogens is 2. The molecule has 166 valence electrons. The van der Waals surface area contributed by atoms with Crippen LogP contribution in [0.3, 0.4) is 0 Å². The van der Waals surface area contributed by atoms with E-state index in [1.807, 2.05) is 6.07 Å². The minimum atomic E-state index is 0.782. The summed E-state index contributed by atoms with van der Waals surface area (Å²) in [6.07, 6.45) is 6.91. The quantitative estimate of drug-likeness (QED) is 0.359. The standard InChI is InChI=1S/C26H29BrClN4/c1-4-29-21-13-11-20(28)17-24(21)30(5-2)25(29)14-9-18-8-7-15-32-22-12-10-19(27)16-23(22)31(6-3)26(18)32/h9-14,16-17H,4-8,15H2,1-3H3/q+1. The van der Waals surface area contributed by atoms with Gasteiger partial charge >= 0.3 is 0 Å².